The van der Waals surface area contributed by atoms with Crippen molar-refractivity contribution in [2.24, 2.45) is 5.92 Å². The SMILES string of the molecule is CCNCC1CCCOC1c1ccc(Cl)cc1Br. The lowest BCUT2D eigenvalue weighted by atomic mass is 9.89. The summed E-state index contributed by atoms with van der Waals surface area (Å²) < 4.78 is 7.03. The average Bonchev–Trinajstić information content (AvgIpc) is 2.37. The topological polar surface area (TPSA) is 21.3 Å². The van der Waals surface area contributed by atoms with Gasteiger partial charge in [0.25, 0.3) is 0 Å². The molecule has 1 aliphatic rings. The van der Waals surface area contributed by atoms with E-state index in [9.17, 15) is 0 Å². The first-order chi connectivity index (χ1) is 8.72. The van der Waals surface area contributed by atoms with Gasteiger partial charge in [0.1, 0.15) is 0 Å². The number of nitrogens with one attached hydrogen (secondary N) is 1. The third-order valence-corrected chi connectivity index (χ3v) is 4.29. The Balaban J connectivity index is 2.16. The van der Waals surface area contributed by atoms with Gasteiger partial charge in [-0.15, -0.1) is 0 Å². The van der Waals surface area contributed by atoms with Crippen LogP contribution in [0.4, 0.5) is 0 Å². The summed E-state index contributed by atoms with van der Waals surface area (Å²) in [5.41, 5.74) is 1.21. The zero-order valence-corrected chi connectivity index (χ0v) is 12.9. The van der Waals surface area contributed by atoms with Crippen molar-refractivity contribution in [3.05, 3.63) is 33.3 Å². The van der Waals surface area contributed by atoms with Crippen LogP contribution in [-0.4, -0.2) is 19.7 Å². The predicted octanol–water partition coefficient (Wildman–Crippen LogP) is 4.18. The van der Waals surface area contributed by atoms with Crippen LogP contribution in [0.2, 0.25) is 5.02 Å². The fourth-order valence-electron chi connectivity index (χ4n) is 2.46. The molecule has 18 heavy (non-hydrogen) atoms. The molecule has 0 amide bonds. The van der Waals surface area contributed by atoms with Crippen molar-refractivity contribution < 1.29 is 4.74 Å². The average molecular weight is 333 g/mol. The first-order valence-corrected chi connectivity index (χ1v) is 7.66. The molecule has 1 heterocycles. The molecule has 0 radical (unpaired) electrons. The lowest BCUT2D eigenvalue weighted by Gasteiger charge is -2.33. The Labute approximate surface area is 122 Å². The summed E-state index contributed by atoms with van der Waals surface area (Å²) in [6.07, 6.45) is 2.54. The van der Waals surface area contributed by atoms with E-state index in [4.69, 9.17) is 16.3 Å². The summed E-state index contributed by atoms with van der Waals surface area (Å²) in [5.74, 6) is 0.538. The van der Waals surface area contributed by atoms with Crippen LogP contribution in [0.25, 0.3) is 0 Å². The number of halogens is 2. The van der Waals surface area contributed by atoms with E-state index in [-0.39, 0.29) is 6.10 Å². The minimum Gasteiger partial charge on any atom is -0.373 e. The van der Waals surface area contributed by atoms with E-state index in [0.29, 0.717) is 5.92 Å². The summed E-state index contributed by atoms with van der Waals surface area (Å²) >= 11 is 9.59. The highest BCUT2D eigenvalue weighted by Crippen LogP contribution is 2.37. The monoisotopic (exact) mass is 331 g/mol. The predicted molar refractivity (Wildman–Crippen MR) is 79.1 cm³/mol. The molecular formula is C14H19BrClNO. The third-order valence-electron chi connectivity index (χ3n) is 3.37. The lowest BCUT2D eigenvalue weighted by Crippen LogP contribution is -2.32. The summed E-state index contributed by atoms with van der Waals surface area (Å²) in [6.45, 7) is 5.00. The van der Waals surface area contributed by atoms with Gasteiger partial charge in [-0.1, -0.05) is 40.5 Å². The molecule has 1 N–H and O–H groups in total. The number of rotatable bonds is 4. The molecule has 0 aromatic heterocycles. The Morgan fingerprint density at radius 1 is 1.50 bits per heavy atom. The number of hydrogen-bond donors (Lipinski definition) is 1. The van der Waals surface area contributed by atoms with Crippen LogP contribution >= 0.6 is 27.5 Å². The summed E-state index contributed by atoms with van der Waals surface area (Å²) in [6, 6.07) is 5.95. The van der Waals surface area contributed by atoms with E-state index >= 15 is 0 Å². The maximum absolute atomic E-state index is 5.99. The smallest absolute Gasteiger partial charge is 0.0876 e. The number of ether oxygens (including phenoxy) is 1. The highest BCUT2D eigenvalue weighted by molar-refractivity contribution is 9.10. The molecule has 0 saturated carbocycles. The van der Waals surface area contributed by atoms with Crippen molar-refractivity contribution in [1.82, 2.24) is 5.32 Å². The maximum Gasteiger partial charge on any atom is 0.0876 e. The van der Waals surface area contributed by atoms with Crippen molar-refractivity contribution in [3.8, 4) is 0 Å². The minimum atomic E-state index is 0.171. The van der Waals surface area contributed by atoms with Crippen molar-refractivity contribution in [2.75, 3.05) is 19.7 Å². The molecule has 1 saturated heterocycles. The Morgan fingerprint density at radius 3 is 3.06 bits per heavy atom. The minimum absolute atomic E-state index is 0.171. The highest BCUT2D eigenvalue weighted by atomic mass is 79.9. The van der Waals surface area contributed by atoms with Gasteiger partial charge in [-0.3, -0.25) is 0 Å². The third kappa shape index (κ3) is 3.47. The van der Waals surface area contributed by atoms with Crippen LogP contribution in [-0.2, 0) is 4.74 Å². The summed E-state index contributed by atoms with van der Waals surface area (Å²) in [5, 5.41) is 4.18. The van der Waals surface area contributed by atoms with Gasteiger partial charge in [-0.05, 0) is 37.1 Å². The Hall–Kier alpha value is -0.0900. The highest BCUT2D eigenvalue weighted by Gasteiger charge is 2.28. The van der Waals surface area contributed by atoms with E-state index in [1.807, 2.05) is 12.1 Å². The summed E-state index contributed by atoms with van der Waals surface area (Å²) in [4.78, 5) is 0. The second kappa shape index (κ2) is 6.90. The largest absolute Gasteiger partial charge is 0.373 e. The normalized spacial score (nSPS) is 24.2. The first-order valence-electron chi connectivity index (χ1n) is 6.49. The molecule has 0 spiro atoms. The molecule has 2 nitrogen and oxygen atoms in total. The zero-order chi connectivity index (χ0) is 13.0. The maximum atomic E-state index is 5.99. The fourth-order valence-corrected chi connectivity index (χ4v) is 3.37. The fraction of sp³-hybridized carbons (Fsp3) is 0.571. The molecule has 4 heteroatoms. The Kier molecular flexibility index (Phi) is 5.49. The molecule has 0 bridgehead atoms. The molecule has 1 aromatic carbocycles. The van der Waals surface area contributed by atoms with Gasteiger partial charge in [-0.2, -0.15) is 0 Å². The molecule has 1 aliphatic heterocycles. The van der Waals surface area contributed by atoms with Gasteiger partial charge in [-0.25, -0.2) is 0 Å². The molecule has 1 fully saturated rings. The van der Waals surface area contributed by atoms with Crippen molar-refractivity contribution in [3.63, 3.8) is 0 Å². The van der Waals surface area contributed by atoms with E-state index in [1.54, 1.807) is 0 Å². The van der Waals surface area contributed by atoms with Crippen LogP contribution in [0.5, 0.6) is 0 Å². The number of hydrogen-bond acceptors (Lipinski definition) is 2. The molecule has 2 unspecified atom stereocenters. The van der Waals surface area contributed by atoms with E-state index in [2.05, 4.69) is 34.2 Å². The van der Waals surface area contributed by atoms with Crippen LogP contribution in [0, 0.1) is 5.92 Å². The number of benzene rings is 1. The van der Waals surface area contributed by atoms with Gasteiger partial charge in [0.15, 0.2) is 0 Å². The Morgan fingerprint density at radius 2 is 2.33 bits per heavy atom. The van der Waals surface area contributed by atoms with Crippen LogP contribution in [0.3, 0.4) is 0 Å². The van der Waals surface area contributed by atoms with Crippen molar-refractivity contribution in [2.45, 2.75) is 25.9 Å². The van der Waals surface area contributed by atoms with Crippen LogP contribution in [0.1, 0.15) is 31.4 Å². The van der Waals surface area contributed by atoms with E-state index < -0.39 is 0 Å². The quantitative estimate of drug-likeness (QED) is 0.893. The molecule has 1 aromatic rings. The van der Waals surface area contributed by atoms with Crippen molar-refractivity contribution >= 4 is 27.5 Å². The molecule has 2 atom stereocenters. The molecule has 0 aliphatic carbocycles. The van der Waals surface area contributed by atoms with Crippen LogP contribution in [0.15, 0.2) is 22.7 Å². The van der Waals surface area contributed by atoms with Crippen molar-refractivity contribution in [1.29, 1.82) is 0 Å². The van der Waals surface area contributed by atoms with E-state index in [1.165, 1.54) is 12.0 Å². The van der Waals surface area contributed by atoms with Gasteiger partial charge in [0, 0.05) is 28.6 Å². The van der Waals surface area contributed by atoms with Gasteiger partial charge in [0.05, 0.1) is 6.10 Å². The Bertz CT molecular complexity index is 399. The van der Waals surface area contributed by atoms with E-state index in [0.717, 1.165) is 35.6 Å². The van der Waals surface area contributed by atoms with Gasteiger partial charge < -0.3 is 10.1 Å². The van der Waals surface area contributed by atoms with Gasteiger partial charge in [0.2, 0.25) is 0 Å². The first kappa shape index (κ1) is 14.3. The standard InChI is InChI=1S/C14H19BrClNO/c1-2-17-9-10-4-3-7-18-14(10)12-6-5-11(16)8-13(12)15/h5-6,8,10,14,17H,2-4,7,9H2,1H3. The molecular weight excluding hydrogens is 314 g/mol. The summed E-state index contributed by atoms with van der Waals surface area (Å²) in [7, 11) is 0. The second-order valence-corrected chi connectivity index (χ2v) is 5.96. The molecule has 100 valence electrons. The van der Waals surface area contributed by atoms with Gasteiger partial charge >= 0.3 is 0 Å². The second-order valence-electron chi connectivity index (χ2n) is 4.67. The zero-order valence-electron chi connectivity index (χ0n) is 10.6. The lowest BCUT2D eigenvalue weighted by molar-refractivity contribution is -0.0280. The van der Waals surface area contributed by atoms with Crippen LogP contribution < -0.4 is 5.32 Å². The molecule has 2 rings (SSSR count).